The smallest absolute Gasteiger partial charge is 0.405 e. The molecule has 0 heterocycles. The minimum absolute atomic E-state index is 0.0988. The van der Waals surface area contributed by atoms with E-state index in [1.54, 1.807) is 0 Å². The molecule has 0 bridgehead atoms. The number of carbonyl (C=O) groups is 1. The number of ether oxygens (including phenoxy) is 1. The first kappa shape index (κ1) is 14.3. The molecule has 0 radical (unpaired) electrons. The molecule has 0 amide bonds. The van der Waals surface area contributed by atoms with Gasteiger partial charge in [0.15, 0.2) is 0 Å². The highest BCUT2D eigenvalue weighted by Crippen LogP contribution is 2.33. The number of alkyl halides is 4. The van der Waals surface area contributed by atoms with Crippen LogP contribution in [-0.2, 0) is 4.79 Å². The van der Waals surface area contributed by atoms with Crippen molar-refractivity contribution in [1.82, 2.24) is 0 Å². The van der Waals surface area contributed by atoms with Crippen LogP contribution in [0.1, 0.15) is 11.5 Å². The number of rotatable bonds is 4. The van der Waals surface area contributed by atoms with Crippen molar-refractivity contribution < 1.29 is 22.7 Å². The lowest BCUT2D eigenvalue weighted by Crippen LogP contribution is -2.19. The maximum atomic E-state index is 12.1. The van der Waals surface area contributed by atoms with Gasteiger partial charge in [-0.2, -0.15) is 0 Å². The number of benzene rings is 1. The first-order chi connectivity index (χ1) is 7.87. The van der Waals surface area contributed by atoms with Gasteiger partial charge in [-0.25, -0.2) is 0 Å². The second-order valence-corrected chi connectivity index (χ2v) is 4.21. The van der Waals surface area contributed by atoms with Crippen molar-refractivity contribution >= 4 is 33.8 Å². The summed E-state index contributed by atoms with van der Waals surface area (Å²) in [5.41, 5.74) is 0.0988. The summed E-state index contributed by atoms with van der Waals surface area (Å²) >= 11 is 8.72. The molecule has 1 aromatic carbocycles. The Kier molecular flexibility index (Phi) is 4.82. The zero-order valence-corrected chi connectivity index (χ0v) is 10.6. The summed E-state index contributed by atoms with van der Waals surface area (Å²) in [5, 5.41) is 0.424. The Morgan fingerprint density at radius 3 is 2.59 bits per heavy atom. The van der Waals surface area contributed by atoms with Gasteiger partial charge in [0.05, 0.1) is 5.92 Å². The summed E-state index contributed by atoms with van der Waals surface area (Å²) in [6.45, 7) is 0. The summed E-state index contributed by atoms with van der Waals surface area (Å²) < 4.78 is 40.2. The highest BCUT2D eigenvalue weighted by atomic mass is 79.9. The van der Waals surface area contributed by atoms with Crippen molar-refractivity contribution in [3.8, 4) is 5.75 Å². The number of halogens is 5. The van der Waals surface area contributed by atoms with Crippen molar-refractivity contribution in [3.63, 3.8) is 0 Å². The maximum absolute atomic E-state index is 12.1. The van der Waals surface area contributed by atoms with Gasteiger partial charge in [-0.05, 0) is 18.2 Å². The molecule has 94 valence electrons. The van der Waals surface area contributed by atoms with E-state index < -0.39 is 18.0 Å². The molecular weight excluding hydrogens is 324 g/mol. The minimum Gasteiger partial charge on any atom is -0.405 e. The van der Waals surface area contributed by atoms with Crippen molar-refractivity contribution in [2.45, 2.75) is 12.3 Å². The third kappa shape index (κ3) is 4.20. The summed E-state index contributed by atoms with van der Waals surface area (Å²) in [6, 6.07) is 3.63. The molecule has 0 aliphatic rings. The summed E-state index contributed by atoms with van der Waals surface area (Å²) in [4.78, 5) is 10.8. The van der Waals surface area contributed by atoms with E-state index in [0.29, 0.717) is 6.29 Å². The van der Waals surface area contributed by atoms with Crippen LogP contribution in [0.25, 0.3) is 0 Å². The first-order valence-corrected chi connectivity index (χ1v) is 5.93. The van der Waals surface area contributed by atoms with Crippen LogP contribution in [0.4, 0.5) is 13.2 Å². The molecule has 1 rings (SSSR count). The van der Waals surface area contributed by atoms with Crippen LogP contribution in [0.2, 0.25) is 5.02 Å². The average Bonchev–Trinajstić information content (AvgIpc) is 2.22. The molecule has 2 nitrogen and oxygen atoms in total. The van der Waals surface area contributed by atoms with Crippen molar-refractivity contribution in [2.75, 3.05) is 5.33 Å². The molecule has 0 saturated heterocycles. The van der Waals surface area contributed by atoms with Crippen LogP contribution in [0.3, 0.4) is 0 Å². The Labute approximate surface area is 109 Å². The van der Waals surface area contributed by atoms with Crippen molar-refractivity contribution in [2.24, 2.45) is 0 Å². The third-order valence-corrected chi connectivity index (χ3v) is 2.86. The summed E-state index contributed by atoms with van der Waals surface area (Å²) in [7, 11) is 0. The van der Waals surface area contributed by atoms with Crippen LogP contribution in [0.15, 0.2) is 18.2 Å². The molecule has 1 aromatic rings. The van der Waals surface area contributed by atoms with Gasteiger partial charge >= 0.3 is 6.36 Å². The molecule has 0 aliphatic heterocycles. The average molecular weight is 332 g/mol. The van der Waals surface area contributed by atoms with Crippen LogP contribution < -0.4 is 4.74 Å². The molecule has 1 atom stereocenters. The lowest BCUT2D eigenvalue weighted by Gasteiger charge is -2.16. The normalized spacial score (nSPS) is 13.2. The molecule has 17 heavy (non-hydrogen) atoms. The zero-order chi connectivity index (χ0) is 13.1. The number of hydrogen-bond donors (Lipinski definition) is 0. The molecular formula is C10H7BrClF3O2. The van der Waals surface area contributed by atoms with Crippen LogP contribution >= 0.6 is 27.5 Å². The number of aldehydes is 1. The van der Waals surface area contributed by atoms with Crippen molar-refractivity contribution in [1.29, 1.82) is 0 Å². The minimum atomic E-state index is -4.80. The van der Waals surface area contributed by atoms with E-state index in [1.165, 1.54) is 12.1 Å². The van der Waals surface area contributed by atoms with Gasteiger partial charge in [0.2, 0.25) is 0 Å². The Hall–Kier alpha value is -0.750. The van der Waals surface area contributed by atoms with Gasteiger partial charge < -0.3 is 9.53 Å². The van der Waals surface area contributed by atoms with Gasteiger partial charge in [0.1, 0.15) is 12.0 Å². The largest absolute Gasteiger partial charge is 0.573 e. The van der Waals surface area contributed by atoms with Crippen molar-refractivity contribution in [3.05, 3.63) is 28.8 Å². The Bertz CT molecular complexity index is 409. The molecule has 0 fully saturated rings. The molecule has 0 spiro atoms. The molecule has 0 saturated carbocycles. The quantitative estimate of drug-likeness (QED) is 0.617. The van der Waals surface area contributed by atoms with E-state index in [1.807, 2.05) is 0 Å². The Balaban J connectivity index is 3.16. The van der Waals surface area contributed by atoms with Gasteiger partial charge in [-0.15, -0.1) is 13.2 Å². The second kappa shape index (κ2) is 5.73. The summed E-state index contributed by atoms with van der Waals surface area (Å²) in [5.74, 6) is -1.16. The molecule has 0 aliphatic carbocycles. The topological polar surface area (TPSA) is 26.3 Å². The van der Waals surface area contributed by atoms with E-state index in [4.69, 9.17) is 11.6 Å². The number of hydrogen-bond acceptors (Lipinski definition) is 2. The highest BCUT2D eigenvalue weighted by molar-refractivity contribution is 9.09. The van der Waals surface area contributed by atoms with E-state index in [0.717, 1.165) is 6.07 Å². The maximum Gasteiger partial charge on any atom is 0.573 e. The predicted molar refractivity (Wildman–Crippen MR) is 60.7 cm³/mol. The predicted octanol–water partition coefficient (Wildman–Crippen LogP) is 3.92. The lowest BCUT2D eigenvalue weighted by atomic mass is 10.0. The van der Waals surface area contributed by atoms with Gasteiger partial charge in [0, 0.05) is 15.9 Å². The number of carbonyl (C=O) groups excluding carboxylic acids is 1. The molecule has 1 unspecified atom stereocenters. The van der Waals surface area contributed by atoms with Crippen LogP contribution in [0, 0.1) is 0 Å². The monoisotopic (exact) mass is 330 g/mol. The second-order valence-electron chi connectivity index (χ2n) is 3.13. The zero-order valence-electron chi connectivity index (χ0n) is 8.30. The fourth-order valence-corrected chi connectivity index (χ4v) is 1.90. The SMILES string of the molecule is O=CC(CBr)c1cc(Cl)ccc1OC(F)(F)F. The summed E-state index contributed by atoms with van der Waals surface area (Å²) in [6.07, 6.45) is -4.27. The molecule has 7 heteroatoms. The van der Waals surface area contributed by atoms with Crippen LogP contribution in [-0.4, -0.2) is 18.0 Å². The first-order valence-electron chi connectivity index (χ1n) is 4.44. The van der Waals surface area contributed by atoms with E-state index in [9.17, 15) is 18.0 Å². The van der Waals surface area contributed by atoms with Gasteiger partial charge in [0.25, 0.3) is 0 Å². The molecule has 0 N–H and O–H groups in total. The third-order valence-electron chi connectivity index (χ3n) is 1.93. The molecule has 0 aromatic heterocycles. The van der Waals surface area contributed by atoms with Gasteiger partial charge in [-0.3, -0.25) is 0 Å². The van der Waals surface area contributed by atoms with Gasteiger partial charge in [-0.1, -0.05) is 27.5 Å². The van der Waals surface area contributed by atoms with E-state index in [2.05, 4.69) is 20.7 Å². The van der Waals surface area contributed by atoms with Crippen LogP contribution in [0.5, 0.6) is 5.75 Å². The Morgan fingerprint density at radius 2 is 2.12 bits per heavy atom. The van der Waals surface area contributed by atoms with E-state index >= 15 is 0 Å². The van der Waals surface area contributed by atoms with E-state index in [-0.39, 0.29) is 15.9 Å². The fourth-order valence-electron chi connectivity index (χ4n) is 1.22. The fraction of sp³-hybridized carbons (Fsp3) is 0.300. The Morgan fingerprint density at radius 1 is 1.47 bits per heavy atom. The standard InChI is InChI=1S/C10H7BrClF3O2/c11-4-6(5-16)8-3-7(12)1-2-9(8)17-10(13,14)15/h1-3,5-6H,4H2. The lowest BCUT2D eigenvalue weighted by molar-refractivity contribution is -0.274. The highest BCUT2D eigenvalue weighted by Gasteiger charge is 2.33.